The highest BCUT2D eigenvalue weighted by atomic mass is 16.8. The van der Waals surface area contributed by atoms with Gasteiger partial charge in [-0.1, -0.05) is 0 Å². The van der Waals surface area contributed by atoms with E-state index in [1.54, 1.807) is 5.48 Å². The van der Waals surface area contributed by atoms with Crippen molar-refractivity contribution in [2.45, 2.75) is 37.5 Å². The highest BCUT2D eigenvalue weighted by molar-refractivity contribution is 5.74. The van der Waals surface area contributed by atoms with Crippen LogP contribution in [0.1, 0.15) is 14.5 Å². The molecule has 2 fully saturated rings. The van der Waals surface area contributed by atoms with Crippen LogP contribution in [0, 0.1) is 0 Å². The molecule has 0 radical (unpaired) electrons. The molecule has 5 atom stereocenters. The minimum absolute atomic E-state index is 0.108. The Morgan fingerprint density at radius 1 is 1.56 bits per heavy atom. The van der Waals surface area contributed by atoms with E-state index < -0.39 is 55.0 Å². The van der Waals surface area contributed by atoms with Crippen molar-refractivity contribution in [1.82, 2.24) is 9.55 Å². The van der Waals surface area contributed by atoms with Crippen molar-refractivity contribution in [2.24, 2.45) is 5.73 Å². The smallest absolute Gasteiger partial charge is 0.462 e. The molecule has 3 heterocycles. The van der Waals surface area contributed by atoms with Crippen LogP contribution in [-0.2, 0) is 23.7 Å². The highest BCUT2D eigenvalue weighted by Crippen LogP contribution is 2.37. The Balaban J connectivity index is 1.87. The number of rotatable bonds is 5. The molecule has 1 aromatic rings. The van der Waals surface area contributed by atoms with E-state index in [1.165, 1.54) is 19.2 Å². The van der Waals surface area contributed by atoms with Gasteiger partial charge in [0.25, 0.3) is 0 Å². The highest BCUT2D eigenvalue weighted by Gasteiger charge is 2.55. The number of nitrogens with zero attached hydrogens (tertiary/aromatic N) is 2. The number of nitrogens with two attached hydrogens (primary N) is 1. The number of anilines is 1. The van der Waals surface area contributed by atoms with E-state index in [1.807, 2.05) is 0 Å². The van der Waals surface area contributed by atoms with Gasteiger partial charge in [0.15, 0.2) is 24.3 Å². The summed E-state index contributed by atoms with van der Waals surface area (Å²) in [5, 5.41) is 8.78. The standard InChI is InChI=1S/C13H16N4O8/c1-5(14)11(18)22-4-6-8-9(25-13(20)24-8)10(23-6)17-3-2-7(16-21)15-12(17)19/h2-3,5-6,8-10,21H,4,14H2,1H3,(H,15,16,19)/t5-,6+,8+,9+,10+/m0/s1/i6D. The van der Waals surface area contributed by atoms with Gasteiger partial charge in [-0.05, 0) is 13.0 Å². The molecule has 0 saturated carbocycles. The minimum Gasteiger partial charge on any atom is -0.462 e. The van der Waals surface area contributed by atoms with Gasteiger partial charge in [0.1, 0.15) is 18.7 Å². The van der Waals surface area contributed by atoms with Gasteiger partial charge >= 0.3 is 17.8 Å². The number of fused-ring (bicyclic) bond motifs is 1. The summed E-state index contributed by atoms with van der Waals surface area (Å²) in [5.74, 6) is -0.883. The van der Waals surface area contributed by atoms with Gasteiger partial charge in [-0.15, -0.1) is 0 Å². The number of carbonyl (C=O) groups is 2. The second-order valence-corrected chi connectivity index (χ2v) is 5.36. The third kappa shape index (κ3) is 3.26. The number of esters is 1. The van der Waals surface area contributed by atoms with Crippen molar-refractivity contribution in [3.05, 3.63) is 22.7 Å². The summed E-state index contributed by atoms with van der Waals surface area (Å²) in [6.45, 7) is 0.806. The number of aromatic nitrogens is 2. The van der Waals surface area contributed by atoms with Gasteiger partial charge in [-0.2, -0.15) is 4.98 Å². The summed E-state index contributed by atoms with van der Waals surface area (Å²) in [5.41, 5.74) is 6.27. The first kappa shape index (κ1) is 15.8. The van der Waals surface area contributed by atoms with Gasteiger partial charge in [-0.3, -0.25) is 20.0 Å². The molecule has 25 heavy (non-hydrogen) atoms. The van der Waals surface area contributed by atoms with Crippen LogP contribution in [0.25, 0.3) is 0 Å². The Kier molecular flexibility index (Phi) is 4.21. The maximum absolute atomic E-state index is 12.1. The lowest BCUT2D eigenvalue weighted by molar-refractivity contribution is -0.151. The Morgan fingerprint density at radius 3 is 2.92 bits per heavy atom. The van der Waals surface area contributed by atoms with E-state index in [2.05, 4.69) is 4.98 Å². The van der Waals surface area contributed by atoms with Crippen molar-refractivity contribution in [1.29, 1.82) is 0 Å². The quantitative estimate of drug-likeness (QED) is 0.425. The topological polar surface area (TPSA) is 164 Å². The van der Waals surface area contributed by atoms with Crippen LogP contribution in [-0.4, -0.2) is 57.8 Å². The molecule has 0 aromatic carbocycles. The average molecular weight is 357 g/mol. The van der Waals surface area contributed by atoms with Crippen molar-refractivity contribution in [2.75, 3.05) is 12.1 Å². The second-order valence-electron chi connectivity index (χ2n) is 5.36. The van der Waals surface area contributed by atoms with Crippen molar-refractivity contribution >= 4 is 17.9 Å². The van der Waals surface area contributed by atoms with Gasteiger partial charge in [0, 0.05) is 6.20 Å². The molecule has 2 saturated heterocycles. The summed E-state index contributed by atoms with van der Waals surface area (Å²) in [6.07, 6.45) is -5.46. The molecular formula is C13H16N4O8. The van der Waals surface area contributed by atoms with Gasteiger partial charge in [0.2, 0.25) is 0 Å². The normalized spacial score (nSPS) is 32.2. The van der Waals surface area contributed by atoms with Gasteiger partial charge < -0.3 is 24.7 Å². The average Bonchev–Trinajstić information content (AvgIpc) is 3.10. The summed E-state index contributed by atoms with van der Waals surface area (Å²) < 4.78 is 29.7. The fourth-order valence-corrected chi connectivity index (χ4v) is 2.39. The van der Waals surface area contributed by atoms with Crippen LogP contribution in [0.15, 0.2) is 17.1 Å². The molecule has 1 aromatic heterocycles. The minimum atomic E-state index is -2.01. The predicted molar refractivity (Wildman–Crippen MR) is 77.6 cm³/mol. The van der Waals surface area contributed by atoms with Crippen molar-refractivity contribution < 1.29 is 35.1 Å². The van der Waals surface area contributed by atoms with E-state index in [-0.39, 0.29) is 5.82 Å². The largest absolute Gasteiger partial charge is 0.509 e. The third-order valence-electron chi connectivity index (χ3n) is 3.57. The Bertz CT molecular complexity index is 786. The van der Waals surface area contributed by atoms with Crippen LogP contribution in [0.5, 0.6) is 0 Å². The molecule has 12 nitrogen and oxygen atoms in total. The lowest BCUT2D eigenvalue weighted by atomic mass is 10.1. The first-order valence-corrected chi connectivity index (χ1v) is 7.22. The molecule has 136 valence electrons. The summed E-state index contributed by atoms with van der Waals surface area (Å²) in [4.78, 5) is 38.7. The number of ether oxygens (including phenoxy) is 4. The molecular weight excluding hydrogens is 340 g/mol. The van der Waals surface area contributed by atoms with Crippen molar-refractivity contribution in [3.8, 4) is 0 Å². The number of hydrogen-bond acceptors (Lipinski definition) is 11. The fraction of sp³-hybridized carbons (Fsp3) is 0.538. The molecule has 3 rings (SSSR count). The maximum atomic E-state index is 12.1. The molecule has 0 bridgehead atoms. The third-order valence-corrected chi connectivity index (χ3v) is 3.57. The van der Waals surface area contributed by atoms with Crippen LogP contribution in [0.2, 0.25) is 0 Å². The molecule has 4 N–H and O–H groups in total. The Morgan fingerprint density at radius 2 is 2.28 bits per heavy atom. The van der Waals surface area contributed by atoms with E-state index >= 15 is 0 Å². The summed E-state index contributed by atoms with van der Waals surface area (Å²) >= 11 is 0. The second kappa shape index (κ2) is 6.66. The Labute approximate surface area is 141 Å². The molecule has 2 aliphatic rings. The van der Waals surface area contributed by atoms with Crippen LogP contribution >= 0.6 is 0 Å². The van der Waals surface area contributed by atoms with Crippen molar-refractivity contribution in [3.63, 3.8) is 0 Å². The molecule has 0 aliphatic carbocycles. The van der Waals surface area contributed by atoms with E-state index in [9.17, 15) is 14.4 Å². The summed E-state index contributed by atoms with van der Waals surface area (Å²) in [7, 11) is 0. The number of nitrogens with one attached hydrogen (secondary N) is 1. The van der Waals surface area contributed by atoms with Crippen LogP contribution in [0.4, 0.5) is 10.6 Å². The fourth-order valence-electron chi connectivity index (χ4n) is 2.39. The first-order chi connectivity index (χ1) is 12.2. The Hall–Kier alpha value is -2.70. The number of hydrogen-bond donors (Lipinski definition) is 3. The SMILES string of the molecule is [2H][C@]1(COC(=O)[C@H](C)N)O[C@@H](n2ccc(NO)nc2=O)[C@@H]2OC(=O)O[C@@H]21. The van der Waals surface area contributed by atoms with E-state index in [0.717, 1.165) is 4.57 Å². The zero-order valence-electron chi connectivity index (χ0n) is 13.9. The zero-order valence-corrected chi connectivity index (χ0v) is 12.9. The van der Waals surface area contributed by atoms with Gasteiger partial charge in [-0.25, -0.2) is 9.59 Å². The predicted octanol–water partition coefficient (Wildman–Crippen LogP) is -1.26. The molecule has 12 heteroatoms. The van der Waals surface area contributed by atoms with Crippen LogP contribution in [0.3, 0.4) is 0 Å². The molecule has 0 spiro atoms. The number of carbonyl (C=O) groups excluding carboxylic acids is 2. The van der Waals surface area contributed by atoms with Crippen LogP contribution < -0.4 is 16.9 Å². The zero-order chi connectivity index (χ0) is 19.1. The maximum Gasteiger partial charge on any atom is 0.509 e. The van der Waals surface area contributed by atoms with Gasteiger partial charge in [0.05, 0.1) is 1.37 Å². The molecule has 2 aliphatic heterocycles. The van der Waals surface area contributed by atoms with E-state index in [0.29, 0.717) is 0 Å². The lowest BCUT2D eigenvalue weighted by Crippen LogP contribution is -2.36. The first-order valence-electron chi connectivity index (χ1n) is 7.72. The van der Waals surface area contributed by atoms with E-state index in [4.69, 9.17) is 31.3 Å². The monoisotopic (exact) mass is 357 g/mol. The molecule has 0 unspecified atom stereocenters. The lowest BCUT2D eigenvalue weighted by Gasteiger charge is -2.18. The summed E-state index contributed by atoms with van der Waals surface area (Å²) in [6, 6.07) is 0.344. The molecule has 0 amide bonds.